The first-order chi connectivity index (χ1) is 11.2. The van der Waals surface area contributed by atoms with Gasteiger partial charge < -0.3 is 9.64 Å². The molecule has 0 fully saturated rings. The maximum absolute atomic E-state index is 9.24. The van der Waals surface area contributed by atoms with Gasteiger partial charge in [-0.2, -0.15) is 5.26 Å². The Balaban J connectivity index is 2.38. The Bertz CT molecular complexity index is 910. The highest BCUT2D eigenvalue weighted by Gasteiger charge is 2.14. The van der Waals surface area contributed by atoms with E-state index in [1.807, 2.05) is 67.7 Å². The van der Waals surface area contributed by atoms with E-state index in [2.05, 4.69) is 11.1 Å². The highest BCUT2D eigenvalue weighted by molar-refractivity contribution is 6.03. The molecule has 0 N–H and O–H groups in total. The van der Waals surface area contributed by atoms with Gasteiger partial charge in [-0.15, -0.1) is 0 Å². The van der Waals surface area contributed by atoms with Crippen LogP contribution in [-0.4, -0.2) is 26.2 Å². The predicted octanol–water partition coefficient (Wildman–Crippen LogP) is 3.85. The van der Waals surface area contributed by atoms with E-state index in [1.54, 1.807) is 7.11 Å². The minimum Gasteiger partial charge on any atom is -0.496 e. The number of rotatable bonds is 3. The van der Waals surface area contributed by atoms with Gasteiger partial charge in [0.2, 0.25) is 0 Å². The number of ether oxygens (including phenoxy) is 1. The predicted molar refractivity (Wildman–Crippen MR) is 92.8 cm³/mol. The van der Waals surface area contributed by atoms with Gasteiger partial charge in [-0.1, -0.05) is 18.2 Å². The number of pyridine rings is 1. The van der Waals surface area contributed by atoms with Crippen molar-refractivity contribution in [2.75, 3.05) is 26.1 Å². The summed E-state index contributed by atoms with van der Waals surface area (Å²) < 4.78 is 5.48. The molecule has 3 rings (SSSR count). The second kappa shape index (κ2) is 5.98. The Morgan fingerprint density at radius 3 is 2.52 bits per heavy atom. The van der Waals surface area contributed by atoms with E-state index in [-0.39, 0.29) is 0 Å². The van der Waals surface area contributed by atoms with Crippen LogP contribution in [0.4, 0.5) is 5.82 Å². The molecule has 0 atom stereocenters. The van der Waals surface area contributed by atoms with Gasteiger partial charge in [0.15, 0.2) is 0 Å². The Labute approximate surface area is 135 Å². The molecule has 2 aromatic carbocycles. The summed E-state index contributed by atoms with van der Waals surface area (Å²) >= 11 is 0. The first-order valence-electron chi connectivity index (χ1n) is 7.29. The maximum atomic E-state index is 9.24. The lowest BCUT2D eigenvalue weighted by molar-refractivity contribution is 0.416. The topological polar surface area (TPSA) is 49.1 Å². The van der Waals surface area contributed by atoms with Crippen LogP contribution in [0.1, 0.15) is 5.56 Å². The molecule has 4 nitrogen and oxygen atoms in total. The molecule has 114 valence electrons. The highest BCUT2D eigenvalue weighted by Crippen LogP contribution is 2.37. The van der Waals surface area contributed by atoms with Crippen molar-refractivity contribution < 1.29 is 4.74 Å². The van der Waals surface area contributed by atoms with Crippen LogP contribution in [0.3, 0.4) is 0 Å². The molecule has 0 aliphatic rings. The molecule has 1 heterocycles. The third-order valence-corrected chi connectivity index (χ3v) is 3.82. The van der Waals surface area contributed by atoms with Gasteiger partial charge in [-0.3, -0.25) is 0 Å². The van der Waals surface area contributed by atoms with Gasteiger partial charge >= 0.3 is 0 Å². The fraction of sp³-hybridized carbons (Fsp3) is 0.158. The summed E-state index contributed by atoms with van der Waals surface area (Å²) in [6, 6.07) is 15.7. The fourth-order valence-electron chi connectivity index (χ4n) is 2.73. The molecular formula is C19H17N3O. The average Bonchev–Trinajstić information content (AvgIpc) is 2.60. The first kappa shape index (κ1) is 14.9. The molecule has 0 aliphatic heterocycles. The van der Waals surface area contributed by atoms with E-state index in [0.717, 1.165) is 33.5 Å². The summed E-state index contributed by atoms with van der Waals surface area (Å²) in [5.74, 6) is 1.67. The fourth-order valence-corrected chi connectivity index (χ4v) is 2.73. The second-order valence-corrected chi connectivity index (χ2v) is 5.46. The number of anilines is 1. The van der Waals surface area contributed by atoms with Crippen LogP contribution in [-0.2, 0) is 0 Å². The summed E-state index contributed by atoms with van der Waals surface area (Å²) in [7, 11) is 5.58. The standard InChI is InChI=1S/C19H17N3O/c1-22(2)19-15-9-8-13(11-20)10-16(15)17(12-21-19)14-6-4-5-7-18(14)23-3/h4-10,12H,1-3H3. The normalized spacial score (nSPS) is 10.3. The molecule has 23 heavy (non-hydrogen) atoms. The maximum Gasteiger partial charge on any atom is 0.135 e. The van der Waals surface area contributed by atoms with Crippen molar-refractivity contribution in [3.63, 3.8) is 0 Å². The zero-order chi connectivity index (χ0) is 16.4. The van der Waals surface area contributed by atoms with Gasteiger partial charge in [0.1, 0.15) is 11.6 Å². The molecule has 0 saturated heterocycles. The lowest BCUT2D eigenvalue weighted by Gasteiger charge is -2.17. The lowest BCUT2D eigenvalue weighted by atomic mass is 9.98. The SMILES string of the molecule is COc1ccccc1-c1cnc(N(C)C)c2ccc(C#N)cc12. The van der Waals surface area contributed by atoms with Crippen LogP contribution >= 0.6 is 0 Å². The van der Waals surface area contributed by atoms with E-state index in [9.17, 15) is 5.26 Å². The molecule has 3 aromatic rings. The van der Waals surface area contributed by atoms with Crippen LogP contribution in [0.15, 0.2) is 48.7 Å². The zero-order valence-electron chi connectivity index (χ0n) is 13.4. The molecular weight excluding hydrogens is 286 g/mol. The van der Waals surface area contributed by atoms with Crippen LogP contribution in [0.2, 0.25) is 0 Å². The van der Waals surface area contributed by atoms with Crippen molar-refractivity contribution >= 4 is 16.6 Å². The summed E-state index contributed by atoms with van der Waals surface area (Å²) in [6.07, 6.45) is 1.84. The third-order valence-electron chi connectivity index (χ3n) is 3.82. The van der Waals surface area contributed by atoms with Crippen molar-refractivity contribution in [2.45, 2.75) is 0 Å². The van der Waals surface area contributed by atoms with Gasteiger partial charge in [0, 0.05) is 36.8 Å². The van der Waals surface area contributed by atoms with Crippen LogP contribution in [0.5, 0.6) is 5.75 Å². The molecule has 0 saturated carbocycles. The largest absolute Gasteiger partial charge is 0.496 e. The van der Waals surface area contributed by atoms with Gasteiger partial charge in [-0.25, -0.2) is 4.98 Å². The minimum absolute atomic E-state index is 0.629. The van der Waals surface area contributed by atoms with Gasteiger partial charge in [-0.05, 0) is 29.7 Å². The Morgan fingerprint density at radius 2 is 1.83 bits per heavy atom. The number of nitriles is 1. The lowest BCUT2D eigenvalue weighted by Crippen LogP contribution is -2.11. The van der Waals surface area contributed by atoms with E-state index < -0.39 is 0 Å². The number of hydrogen-bond donors (Lipinski definition) is 0. The van der Waals surface area contributed by atoms with Crippen LogP contribution in [0, 0.1) is 11.3 Å². The number of fused-ring (bicyclic) bond motifs is 1. The highest BCUT2D eigenvalue weighted by atomic mass is 16.5. The number of aromatic nitrogens is 1. The second-order valence-electron chi connectivity index (χ2n) is 5.46. The third kappa shape index (κ3) is 2.58. The molecule has 0 amide bonds. The summed E-state index contributed by atoms with van der Waals surface area (Å²) in [4.78, 5) is 6.57. The quantitative estimate of drug-likeness (QED) is 0.737. The van der Waals surface area contributed by atoms with Crippen LogP contribution < -0.4 is 9.64 Å². The summed E-state index contributed by atoms with van der Waals surface area (Å²) in [6.45, 7) is 0. The molecule has 0 aliphatic carbocycles. The smallest absolute Gasteiger partial charge is 0.135 e. The molecule has 1 aromatic heterocycles. The van der Waals surface area contributed by atoms with E-state index >= 15 is 0 Å². The molecule has 0 spiro atoms. The number of nitrogens with zero attached hydrogens (tertiary/aromatic N) is 3. The molecule has 0 unspecified atom stereocenters. The number of methoxy groups -OCH3 is 1. The Kier molecular flexibility index (Phi) is 3.86. The van der Waals surface area contributed by atoms with Crippen molar-refractivity contribution in [3.05, 3.63) is 54.2 Å². The van der Waals surface area contributed by atoms with E-state index in [0.29, 0.717) is 5.56 Å². The molecule has 0 bridgehead atoms. The minimum atomic E-state index is 0.629. The number of benzene rings is 2. The summed E-state index contributed by atoms with van der Waals surface area (Å²) in [5, 5.41) is 11.2. The van der Waals surface area contributed by atoms with E-state index in [4.69, 9.17) is 4.74 Å². The van der Waals surface area contributed by atoms with Crippen molar-refractivity contribution in [1.82, 2.24) is 4.98 Å². The average molecular weight is 303 g/mol. The number of hydrogen-bond acceptors (Lipinski definition) is 4. The monoisotopic (exact) mass is 303 g/mol. The van der Waals surface area contributed by atoms with Crippen molar-refractivity contribution in [2.24, 2.45) is 0 Å². The van der Waals surface area contributed by atoms with E-state index in [1.165, 1.54) is 0 Å². The van der Waals surface area contributed by atoms with Gasteiger partial charge in [0.05, 0.1) is 18.7 Å². The van der Waals surface area contributed by atoms with Gasteiger partial charge in [0.25, 0.3) is 0 Å². The summed E-state index contributed by atoms with van der Waals surface area (Å²) in [5.41, 5.74) is 2.55. The Morgan fingerprint density at radius 1 is 1.04 bits per heavy atom. The van der Waals surface area contributed by atoms with Crippen molar-refractivity contribution in [1.29, 1.82) is 5.26 Å². The first-order valence-corrected chi connectivity index (χ1v) is 7.29. The Hall–Kier alpha value is -3.06. The number of para-hydroxylation sites is 1. The molecule has 0 radical (unpaired) electrons. The molecule has 4 heteroatoms. The van der Waals surface area contributed by atoms with Crippen molar-refractivity contribution in [3.8, 4) is 22.9 Å². The van der Waals surface area contributed by atoms with Crippen LogP contribution in [0.25, 0.3) is 21.9 Å². The zero-order valence-corrected chi connectivity index (χ0v) is 13.4.